The van der Waals surface area contributed by atoms with Gasteiger partial charge in [-0.3, -0.25) is 0 Å². The van der Waals surface area contributed by atoms with Crippen LogP contribution in [0.1, 0.15) is 65.0 Å². The van der Waals surface area contributed by atoms with E-state index in [-0.39, 0.29) is 0 Å². The van der Waals surface area contributed by atoms with E-state index < -0.39 is 18.4 Å². The second-order valence-electron chi connectivity index (χ2n) is 8.06. The third-order valence-electron chi connectivity index (χ3n) is 5.81. The molecule has 29 heavy (non-hydrogen) atoms. The van der Waals surface area contributed by atoms with E-state index in [9.17, 15) is 0 Å². The van der Waals surface area contributed by atoms with Crippen molar-refractivity contribution < 1.29 is 0 Å². The molecule has 0 atom stereocenters. The van der Waals surface area contributed by atoms with Gasteiger partial charge in [-0.2, -0.15) is 0 Å². The van der Waals surface area contributed by atoms with Gasteiger partial charge in [-0.1, -0.05) is 0 Å². The van der Waals surface area contributed by atoms with Crippen LogP contribution < -0.4 is 2.89 Å². The van der Waals surface area contributed by atoms with Gasteiger partial charge in [0.25, 0.3) is 0 Å². The summed E-state index contributed by atoms with van der Waals surface area (Å²) in [6, 6.07) is 6.14. The van der Waals surface area contributed by atoms with Crippen LogP contribution in [0.3, 0.4) is 0 Å². The number of hydrogen-bond donors (Lipinski definition) is 0. The minimum absolute atomic E-state index is 0.886. The summed E-state index contributed by atoms with van der Waals surface area (Å²) in [5.74, 6) is 0.886. The summed E-state index contributed by atoms with van der Waals surface area (Å²) < 4.78 is 8.68. The maximum atomic E-state index is 4.71. The number of aromatic nitrogens is 3. The fourth-order valence-electron chi connectivity index (χ4n) is 4.04. The Hall–Kier alpha value is -0.531. The van der Waals surface area contributed by atoms with Crippen LogP contribution >= 0.6 is 23.1 Å². The molecule has 0 amide bonds. The van der Waals surface area contributed by atoms with Crippen molar-refractivity contribution >= 4 is 49.2 Å². The van der Waals surface area contributed by atoms with Crippen molar-refractivity contribution in [3.8, 4) is 0 Å². The molecule has 0 fully saturated rings. The van der Waals surface area contributed by atoms with E-state index in [4.69, 9.17) is 4.98 Å². The fraction of sp³-hybridized carbons (Fsp3) is 0.565. The summed E-state index contributed by atoms with van der Waals surface area (Å²) >= 11 is 1.55. The van der Waals surface area contributed by atoms with Gasteiger partial charge in [-0.25, -0.2) is 0 Å². The van der Waals surface area contributed by atoms with Crippen molar-refractivity contribution in [2.45, 2.75) is 83.4 Å². The molecular weight excluding hydrogens is 501 g/mol. The molecule has 3 aromatic heterocycles. The first-order valence-corrected chi connectivity index (χ1v) is 20.5. The van der Waals surface area contributed by atoms with E-state index in [2.05, 4.69) is 59.8 Å². The van der Waals surface area contributed by atoms with Gasteiger partial charge in [-0.15, -0.1) is 0 Å². The summed E-state index contributed by atoms with van der Waals surface area (Å²) in [5.41, 5.74) is 1.12. The quantitative estimate of drug-likeness (QED) is 0.172. The first-order chi connectivity index (χ1) is 14.2. The number of unbranched alkanes of at least 4 members (excludes halogenated alkanes) is 3. The third-order valence-corrected chi connectivity index (χ3v) is 26.2. The maximum absolute atomic E-state index is 4.71. The van der Waals surface area contributed by atoms with Gasteiger partial charge in [-0.05, 0) is 0 Å². The van der Waals surface area contributed by atoms with Crippen molar-refractivity contribution in [2.24, 2.45) is 0 Å². The Morgan fingerprint density at radius 2 is 1.66 bits per heavy atom. The molecule has 0 spiro atoms. The van der Waals surface area contributed by atoms with Gasteiger partial charge in [0.1, 0.15) is 0 Å². The zero-order chi connectivity index (χ0) is 20.5. The van der Waals surface area contributed by atoms with E-state index in [1.165, 1.54) is 61.7 Å². The Morgan fingerprint density at radius 3 is 2.24 bits per heavy atom. The average Bonchev–Trinajstić information content (AvgIpc) is 3.34. The van der Waals surface area contributed by atoms with E-state index >= 15 is 0 Å². The van der Waals surface area contributed by atoms with Crippen LogP contribution in [0.25, 0.3) is 4.83 Å². The van der Waals surface area contributed by atoms with Crippen LogP contribution in [-0.2, 0) is 5.75 Å². The first kappa shape index (κ1) is 23.1. The molecular formula is C23H35N3S2Sn. The van der Waals surface area contributed by atoms with Crippen LogP contribution in [0.4, 0.5) is 0 Å². The molecule has 158 valence electrons. The topological polar surface area (TPSA) is 30.2 Å². The van der Waals surface area contributed by atoms with Gasteiger partial charge in [0, 0.05) is 0 Å². The van der Waals surface area contributed by atoms with Crippen molar-refractivity contribution in [1.29, 1.82) is 0 Å². The van der Waals surface area contributed by atoms with E-state index in [1.807, 2.05) is 30.4 Å². The van der Waals surface area contributed by atoms with Crippen LogP contribution in [0.5, 0.6) is 0 Å². The van der Waals surface area contributed by atoms with Crippen LogP contribution in [0.15, 0.2) is 41.9 Å². The fourth-order valence-corrected chi connectivity index (χ4v) is 25.1. The third kappa shape index (κ3) is 6.01. The van der Waals surface area contributed by atoms with E-state index in [1.54, 1.807) is 2.89 Å². The molecule has 0 aliphatic rings. The van der Waals surface area contributed by atoms with Crippen molar-refractivity contribution in [1.82, 2.24) is 14.4 Å². The second-order valence-corrected chi connectivity index (χ2v) is 24.2. The van der Waals surface area contributed by atoms with Crippen LogP contribution in [0.2, 0.25) is 13.3 Å². The normalized spacial score (nSPS) is 12.1. The van der Waals surface area contributed by atoms with Crippen molar-refractivity contribution in [3.63, 3.8) is 0 Å². The Bertz CT molecular complexity index is 838. The monoisotopic (exact) mass is 537 g/mol. The average molecular weight is 536 g/mol. The second kappa shape index (κ2) is 11.8. The SMILES string of the molecule is CCC[CH2][Sn]([CH2]CCC)([CH2]CCC)[c]1cn2cnc(SCc3ccccn3)c2s1. The molecule has 3 aromatic rings. The molecule has 0 aliphatic carbocycles. The van der Waals surface area contributed by atoms with Gasteiger partial charge in [0.15, 0.2) is 0 Å². The molecule has 6 heteroatoms. The summed E-state index contributed by atoms with van der Waals surface area (Å²) in [5, 5.41) is 1.17. The summed E-state index contributed by atoms with van der Waals surface area (Å²) in [4.78, 5) is 10.5. The Morgan fingerprint density at radius 1 is 0.966 bits per heavy atom. The summed E-state index contributed by atoms with van der Waals surface area (Å²) in [6.07, 6.45) is 14.6. The number of pyridine rings is 1. The van der Waals surface area contributed by atoms with Crippen LogP contribution in [-0.4, -0.2) is 32.7 Å². The number of nitrogens with zero attached hydrogens (tertiary/aromatic N) is 3. The number of hydrogen-bond acceptors (Lipinski definition) is 4. The van der Waals surface area contributed by atoms with E-state index in [0.29, 0.717) is 0 Å². The first-order valence-electron chi connectivity index (χ1n) is 11.2. The van der Waals surface area contributed by atoms with Crippen LogP contribution in [0, 0.1) is 0 Å². The number of thioether (sulfide) groups is 1. The zero-order valence-electron chi connectivity index (χ0n) is 18.2. The number of rotatable bonds is 13. The molecule has 0 unspecified atom stereocenters. The van der Waals surface area contributed by atoms with Crippen molar-refractivity contribution in [3.05, 3.63) is 42.6 Å². The molecule has 0 N–H and O–H groups in total. The number of thiazole rings is 1. The van der Waals surface area contributed by atoms with Crippen molar-refractivity contribution in [2.75, 3.05) is 0 Å². The molecule has 0 radical (unpaired) electrons. The predicted molar refractivity (Wildman–Crippen MR) is 131 cm³/mol. The van der Waals surface area contributed by atoms with Gasteiger partial charge >= 0.3 is 190 Å². The molecule has 0 bridgehead atoms. The van der Waals surface area contributed by atoms with Gasteiger partial charge < -0.3 is 0 Å². The number of imidazole rings is 1. The zero-order valence-corrected chi connectivity index (χ0v) is 22.7. The molecule has 0 aliphatic heterocycles. The standard InChI is InChI=1S/C11H8N3S2.3C4H9.Sn/c1-2-4-12-9(3-1)7-16-10-11-14(8-13-10)5-6-15-11;3*1-3-4-2;/h1-5,8H,7H2;3*1,3-4H2,2H3;. The molecule has 0 saturated carbocycles. The Labute approximate surface area is 188 Å². The Balaban J connectivity index is 1.86. The molecule has 3 rings (SSSR count). The van der Waals surface area contributed by atoms with E-state index in [0.717, 1.165) is 11.4 Å². The Kier molecular flexibility index (Phi) is 9.38. The minimum atomic E-state index is -2.36. The molecule has 3 nitrogen and oxygen atoms in total. The molecule has 0 aromatic carbocycles. The van der Waals surface area contributed by atoms with Gasteiger partial charge in [0.2, 0.25) is 0 Å². The summed E-state index contributed by atoms with van der Waals surface area (Å²) in [6.45, 7) is 7.06. The molecule has 3 heterocycles. The van der Waals surface area contributed by atoms with Gasteiger partial charge in [0.05, 0.1) is 0 Å². The molecule has 0 saturated heterocycles. The predicted octanol–water partition coefficient (Wildman–Crippen LogP) is 7.14. The summed E-state index contributed by atoms with van der Waals surface area (Å²) in [7, 11) is 0. The number of fused-ring (bicyclic) bond motifs is 1.